The molecule has 0 bridgehead atoms. The van der Waals surface area contributed by atoms with Crippen LogP contribution in [0.4, 0.5) is 5.82 Å². The molecule has 2 aliphatic rings. The van der Waals surface area contributed by atoms with E-state index in [1.807, 2.05) is 6.07 Å². The number of hydrogen-bond acceptors (Lipinski definition) is 4. The maximum absolute atomic E-state index is 11.3. The fourth-order valence-electron chi connectivity index (χ4n) is 1.44. The van der Waals surface area contributed by atoms with Crippen molar-refractivity contribution in [2.24, 2.45) is 15.0 Å². The molecular formula is C9H4N4O. The summed E-state index contributed by atoms with van der Waals surface area (Å²) >= 11 is 0. The molecule has 0 aromatic carbocycles. The van der Waals surface area contributed by atoms with Gasteiger partial charge in [-0.25, -0.2) is 15.0 Å². The van der Waals surface area contributed by atoms with E-state index < -0.39 is 0 Å². The van der Waals surface area contributed by atoms with Crippen LogP contribution in [0.1, 0.15) is 5.56 Å². The Labute approximate surface area is 78.9 Å². The zero-order valence-corrected chi connectivity index (χ0v) is 7.01. The Balaban J connectivity index is 2.29. The number of nitrogens with zero attached hydrogens (tertiary/aromatic N) is 4. The molecule has 0 aliphatic carbocycles. The molecule has 1 aromatic rings. The molecule has 0 atom stereocenters. The van der Waals surface area contributed by atoms with E-state index in [1.54, 1.807) is 12.3 Å². The van der Waals surface area contributed by atoms with Crippen molar-refractivity contribution in [3.8, 4) is 0 Å². The van der Waals surface area contributed by atoms with Crippen LogP contribution < -0.4 is 0 Å². The predicted octanol–water partition coefficient (Wildman–Crippen LogP) is 0.525. The zero-order chi connectivity index (χ0) is 9.54. The Hall–Kier alpha value is -2.17. The first-order chi connectivity index (χ1) is 6.86. The van der Waals surface area contributed by atoms with Crippen molar-refractivity contribution in [3.63, 3.8) is 0 Å². The smallest absolute Gasteiger partial charge is 0.265 e. The number of pyridine rings is 1. The van der Waals surface area contributed by atoms with Crippen molar-refractivity contribution in [1.29, 1.82) is 0 Å². The summed E-state index contributed by atoms with van der Waals surface area (Å²) in [5.74, 6) is 0.188. The normalized spacial score (nSPS) is 17.3. The third-order valence-electron chi connectivity index (χ3n) is 2.05. The lowest BCUT2D eigenvalue weighted by atomic mass is 10.1. The summed E-state index contributed by atoms with van der Waals surface area (Å²) in [6, 6.07) is 3.63. The second-order valence-electron chi connectivity index (χ2n) is 2.86. The highest BCUT2D eigenvalue weighted by Gasteiger charge is 2.29. The highest BCUT2D eigenvalue weighted by molar-refractivity contribution is 6.73. The van der Waals surface area contributed by atoms with E-state index in [0.29, 0.717) is 17.2 Å². The van der Waals surface area contributed by atoms with Gasteiger partial charge >= 0.3 is 0 Å². The quantitative estimate of drug-likeness (QED) is 0.590. The van der Waals surface area contributed by atoms with Crippen LogP contribution in [-0.4, -0.2) is 28.7 Å². The van der Waals surface area contributed by atoms with Gasteiger partial charge in [0, 0.05) is 11.8 Å². The van der Waals surface area contributed by atoms with Gasteiger partial charge in [0.15, 0.2) is 11.5 Å². The van der Waals surface area contributed by atoms with Gasteiger partial charge in [0.1, 0.15) is 12.1 Å². The Morgan fingerprint density at radius 3 is 3.07 bits per heavy atom. The molecule has 1 aromatic heterocycles. The van der Waals surface area contributed by atoms with Crippen LogP contribution >= 0.6 is 0 Å². The van der Waals surface area contributed by atoms with Gasteiger partial charge in [0.05, 0.1) is 0 Å². The number of aromatic nitrogens is 1. The first kappa shape index (κ1) is 7.25. The topological polar surface area (TPSA) is 67.0 Å². The van der Waals surface area contributed by atoms with Crippen LogP contribution in [-0.2, 0) is 4.79 Å². The highest BCUT2D eigenvalue weighted by Crippen LogP contribution is 2.25. The fourth-order valence-corrected chi connectivity index (χ4v) is 1.44. The van der Waals surface area contributed by atoms with Crippen molar-refractivity contribution in [2.75, 3.05) is 0 Å². The number of amides is 1. The monoisotopic (exact) mass is 184 g/mol. The third kappa shape index (κ3) is 0.806. The summed E-state index contributed by atoms with van der Waals surface area (Å²) < 4.78 is 0. The van der Waals surface area contributed by atoms with Crippen LogP contribution in [0, 0.1) is 0 Å². The molecule has 14 heavy (non-hydrogen) atoms. The molecule has 5 nitrogen and oxygen atoms in total. The Morgan fingerprint density at radius 1 is 1.21 bits per heavy atom. The van der Waals surface area contributed by atoms with Gasteiger partial charge in [-0.15, -0.1) is 0 Å². The van der Waals surface area contributed by atoms with E-state index in [-0.39, 0.29) is 5.91 Å². The summed E-state index contributed by atoms with van der Waals surface area (Å²) in [6.07, 6.45) is 2.88. The summed E-state index contributed by atoms with van der Waals surface area (Å²) in [4.78, 5) is 27.0. The standard InChI is InChI=1S/C9H4N4O/c14-9-7-6(11-4-12-9)5-2-1-3-10-8(5)13-7/h1-4H. The van der Waals surface area contributed by atoms with Gasteiger partial charge in [-0.3, -0.25) is 4.79 Å². The lowest BCUT2D eigenvalue weighted by molar-refractivity contribution is -0.111. The van der Waals surface area contributed by atoms with E-state index in [4.69, 9.17) is 0 Å². The van der Waals surface area contributed by atoms with Crippen LogP contribution in [0.15, 0.2) is 33.3 Å². The predicted molar refractivity (Wildman–Crippen MR) is 51.4 cm³/mol. The molecule has 0 saturated carbocycles. The van der Waals surface area contributed by atoms with Crippen LogP contribution in [0.3, 0.4) is 0 Å². The van der Waals surface area contributed by atoms with E-state index in [2.05, 4.69) is 20.0 Å². The molecule has 5 heteroatoms. The molecule has 0 saturated heterocycles. The zero-order valence-electron chi connectivity index (χ0n) is 7.01. The number of fused-ring (bicyclic) bond motifs is 3. The van der Waals surface area contributed by atoms with Crippen molar-refractivity contribution in [2.45, 2.75) is 0 Å². The van der Waals surface area contributed by atoms with Gasteiger partial charge < -0.3 is 0 Å². The minimum atomic E-state index is -0.354. The lowest BCUT2D eigenvalue weighted by Crippen LogP contribution is -2.23. The average Bonchev–Trinajstić information content (AvgIpc) is 2.59. The van der Waals surface area contributed by atoms with Crippen molar-refractivity contribution >= 4 is 29.5 Å². The molecule has 2 aliphatic heterocycles. The molecular weight excluding hydrogens is 180 g/mol. The third-order valence-corrected chi connectivity index (χ3v) is 2.05. The van der Waals surface area contributed by atoms with E-state index in [9.17, 15) is 4.79 Å². The number of carbonyl (C=O) groups is 1. The molecule has 0 fully saturated rings. The summed E-state index contributed by atoms with van der Waals surface area (Å²) in [5.41, 5.74) is 1.66. The molecule has 3 rings (SSSR count). The molecule has 1 amide bonds. The summed E-state index contributed by atoms with van der Waals surface area (Å²) in [5, 5.41) is 0. The average molecular weight is 184 g/mol. The van der Waals surface area contributed by atoms with Crippen LogP contribution in [0.5, 0.6) is 0 Å². The SMILES string of the molecule is O=C1N=CN=C2C1=Nc1ncccc12. The molecule has 3 heterocycles. The largest absolute Gasteiger partial charge is 0.299 e. The second-order valence-corrected chi connectivity index (χ2v) is 2.86. The van der Waals surface area contributed by atoms with Gasteiger partial charge in [-0.05, 0) is 12.1 Å². The summed E-state index contributed by atoms with van der Waals surface area (Å²) in [7, 11) is 0. The minimum Gasteiger partial charge on any atom is -0.265 e. The van der Waals surface area contributed by atoms with Gasteiger partial charge in [-0.1, -0.05) is 0 Å². The first-order valence-corrected chi connectivity index (χ1v) is 4.05. The van der Waals surface area contributed by atoms with Gasteiger partial charge in [0.2, 0.25) is 0 Å². The van der Waals surface area contributed by atoms with Crippen molar-refractivity contribution < 1.29 is 4.79 Å². The van der Waals surface area contributed by atoms with Crippen LogP contribution in [0.2, 0.25) is 0 Å². The van der Waals surface area contributed by atoms with Gasteiger partial charge in [0.25, 0.3) is 5.91 Å². The first-order valence-electron chi connectivity index (χ1n) is 4.05. The number of aliphatic imine (C=N–C) groups is 3. The molecule has 0 unspecified atom stereocenters. The maximum atomic E-state index is 11.3. The van der Waals surface area contributed by atoms with Crippen molar-refractivity contribution in [3.05, 3.63) is 23.9 Å². The molecule has 0 N–H and O–H groups in total. The number of rotatable bonds is 0. The second kappa shape index (κ2) is 2.41. The number of hydrogen-bond donors (Lipinski definition) is 0. The van der Waals surface area contributed by atoms with E-state index >= 15 is 0 Å². The van der Waals surface area contributed by atoms with Gasteiger partial charge in [-0.2, -0.15) is 4.99 Å². The molecule has 66 valence electrons. The minimum absolute atomic E-state index is 0.293. The fraction of sp³-hybridized carbons (Fsp3) is 0. The summed E-state index contributed by atoms with van der Waals surface area (Å²) in [6.45, 7) is 0. The Morgan fingerprint density at radius 2 is 2.14 bits per heavy atom. The Bertz CT molecular complexity index is 527. The van der Waals surface area contributed by atoms with E-state index in [0.717, 1.165) is 5.56 Å². The maximum Gasteiger partial charge on any atom is 0.299 e. The molecule has 0 spiro atoms. The van der Waals surface area contributed by atoms with E-state index in [1.165, 1.54) is 6.34 Å². The Kier molecular flexibility index (Phi) is 1.25. The van der Waals surface area contributed by atoms with Crippen LogP contribution in [0.25, 0.3) is 0 Å². The highest BCUT2D eigenvalue weighted by atomic mass is 16.1. The molecule has 0 radical (unpaired) electrons. The number of carbonyl (C=O) groups excluding carboxylic acids is 1. The van der Waals surface area contributed by atoms with Crippen molar-refractivity contribution in [1.82, 2.24) is 4.98 Å². The lowest BCUT2D eigenvalue weighted by Gasteiger charge is -2.01.